The topological polar surface area (TPSA) is 56.2 Å². The van der Waals surface area contributed by atoms with Gasteiger partial charge in [-0.15, -0.1) is 0 Å². The van der Waals surface area contributed by atoms with Gasteiger partial charge in [-0.1, -0.05) is 29.8 Å². The van der Waals surface area contributed by atoms with Crippen LogP contribution in [0.3, 0.4) is 0 Å². The van der Waals surface area contributed by atoms with Crippen molar-refractivity contribution in [2.75, 3.05) is 5.32 Å². The molecule has 0 aliphatic carbocycles. The standard InChI is InChI=1S/C18H15ClFN3O2/c1-12-6-7-13(10-14(12)19)21-18(24)16-8-9-23(22-16)11-25-17-5-3-2-4-15(17)20/h2-10H,11H2,1H3,(H,21,24). The molecule has 0 aliphatic heterocycles. The number of nitrogens with one attached hydrogen (secondary N) is 1. The zero-order chi connectivity index (χ0) is 17.8. The third kappa shape index (κ3) is 4.16. The van der Waals surface area contributed by atoms with Crippen molar-refractivity contribution < 1.29 is 13.9 Å². The third-order valence-electron chi connectivity index (χ3n) is 3.49. The monoisotopic (exact) mass is 359 g/mol. The molecule has 128 valence electrons. The number of rotatable bonds is 5. The fraction of sp³-hybridized carbons (Fsp3) is 0.111. The molecular formula is C18H15ClFN3O2. The molecule has 1 heterocycles. The summed E-state index contributed by atoms with van der Waals surface area (Å²) in [5.41, 5.74) is 1.72. The number of anilines is 1. The van der Waals surface area contributed by atoms with Gasteiger partial charge in [-0.25, -0.2) is 9.07 Å². The Bertz CT molecular complexity index is 911. The molecule has 0 saturated carbocycles. The molecule has 0 bridgehead atoms. The molecule has 5 nitrogen and oxygen atoms in total. The van der Waals surface area contributed by atoms with E-state index in [0.29, 0.717) is 10.7 Å². The molecular weight excluding hydrogens is 345 g/mol. The first-order valence-corrected chi connectivity index (χ1v) is 7.89. The Labute approximate surface area is 149 Å². The molecule has 0 spiro atoms. The van der Waals surface area contributed by atoms with E-state index >= 15 is 0 Å². The molecule has 3 rings (SSSR count). The number of carbonyl (C=O) groups is 1. The molecule has 0 saturated heterocycles. The van der Waals surface area contributed by atoms with Crippen LogP contribution in [0, 0.1) is 12.7 Å². The summed E-state index contributed by atoms with van der Waals surface area (Å²) in [7, 11) is 0. The Balaban J connectivity index is 1.63. The molecule has 1 N–H and O–H groups in total. The van der Waals surface area contributed by atoms with Crippen molar-refractivity contribution in [1.82, 2.24) is 9.78 Å². The summed E-state index contributed by atoms with van der Waals surface area (Å²) < 4.78 is 20.2. The van der Waals surface area contributed by atoms with Crippen molar-refractivity contribution >= 4 is 23.2 Å². The largest absolute Gasteiger partial charge is 0.468 e. The molecule has 0 fully saturated rings. The predicted molar refractivity (Wildman–Crippen MR) is 93.4 cm³/mol. The van der Waals surface area contributed by atoms with E-state index in [9.17, 15) is 9.18 Å². The van der Waals surface area contributed by atoms with Crippen molar-refractivity contribution in [3.8, 4) is 5.75 Å². The van der Waals surface area contributed by atoms with Gasteiger partial charge in [0.1, 0.15) is 0 Å². The smallest absolute Gasteiger partial charge is 0.276 e. The van der Waals surface area contributed by atoms with Crippen LogP contribution < -0.4 is 10.1 Å². The van der Waals surface area contributed by atoms with Crippen LogP contribution in [0.25, 0.3) is 0 Å². The Kier molecular flexibility index (Phi) is 5.00. The SMILES string of the molecule is Cc1ccc(NC(=O)c2ccn(COc3ccccc3F)n2)cc1Cl. The zero-order valence-corrected chi connectivity index (χ0v) is 14.1. The number of para-hydroxylation sites is 1. The molecule has 1 amide bonds. The number of ether oxygens (including phenoxy) is 1. The van der Waals surface area contributed by atoms with Gasteiger partial charge in [0.15, 0.2) is 24.0 Å². The highest BCUT2D eigenvalue weighted by Crippen LogP contribution is 2.20. The quantitative estimate of drug-likeness (QED) is 0.740. The van der Waals surface area contributed by atoms with E-state index in [-0.39, 0.29) is 24.1 Å². The molecule has 3 aromatic rings. The average molecular weight is 360 g/mol. The summed E-state index contributed by atoms with van der Waals surface area (Å²) in [5.74, 6) is -0.702. The average Bonchev–Trinajstić information content (AvgIpc) is 3.07. The highest BCUT2D eigenvalue weighted by Gasteiger charge is 2.11. The van der Waals surface area contributed by atoms with Crippen molar-refractivity contribution in [3.05, 3.63) is 76.8 Å². The molecule has 25 heavy (non-hydrogen) atoms. The maximum atomic E-state index is 13.5. The van der Waals surface area contributed by atoms with E-state index in [1.807, 2.05) is 13.0 Å². The lowest BCUT2D eigenvalue weighted by atomic mass is 10.2. The van der Waals surface area contributed by atoms with Gasteiger partial charge in [0, 0.05) is 16.9 Å². The van der Waals surface area contributed by atoms with Crippen molar-refractivity contribution in [3.63, 3.8) is 0 Å². The van der Waals surface area contributed by atoms with E-state index in [0.717, 1.165) is 5.56 Å². The Morgan fingerprint density at radius 2 is 2.08 bits per heavy atom. The van der Waals surface area contributed by atoms with Gasteiger partial charge in [0.2, 0.25) is 0 Å². The molecule has 0 radical (unpaired) electrons. The van der Waals surface area contributed by atoms with E-state index in [1.54, 1.807) is 36.5 Å². The first-order chi connectivity index (χ1) is 12.0. The van der Waals surface area contributed by atoms with Crippen LogP contribution in [0.4, 0.5) is 10.1 Å². The number of halogens is 2. The van der Waals surface area contributed by atoms with Gasteiger partial charge in [-0.3, -0.25) is 4.79 Å². The van der Waals surface area contributed by atoms with E-state index in [4.69, 9.17) is 16.3 Å². The minimum atomic E-state index is -0.455. The molecule has 2 aromatic carbocycles. The fourth-order valence-electron chi connectivity index (χ4n) is 2.12. The van der Waals surface area contributed by atoms with E-state index in [1.165, 1.54) is 16.8 Å². The van der Waals surface area contributed by atoms with Gasteiger partial charge >= 0.3 is 0 Å². The zero-order valence-electron chi connectivity index (χ0n) is 13.4. The lowest BCUT2D eigenvalue weighted by Crippen LogP contribution is -2.14. The summed E-state index contributed by atoms with van der Waals surface area (Å²) in [5, 5.41) is 7.41. The number of nitrogens with zero attached hydrogens (tertiary/aromatic N) is 2. The molecule has 1 aromatic heterocycles. The number of hydrogen-bond acceptors (Lipinski definition) is 3. The minimum absolute atomic E-state index is 0.00935. The Hall–Kier alpha value is -2.86. The summed E-state index contributed by atoms with van der Waals surface area (Å²) >= 11 is 6.04. The number of hydrogen-bond donors (Lipinski definition) is 1. The lowest BCUT2D eigenvalue weighted by Gasteiger charge is -2.07. The number of benzene rings is 2. The van der Waals surface area contributed by atoms with Crippen molar-refractivity contribution in [2.45, 2.75) is 13.7 Å². The van der Waals surface area contributed by atoms with Crippen LogP contribution in [0.15, 0.2) is 54.7 Å². The van der Waals surface area contributed by atoms with E-state index < -0.39 is 5.82 Å². The second-order valence-electron chi connectivity index (χ2n) is 5.36. The Morgan fingerprint density at radius 1 is 1.28 bits per heavy atom. The Morgan fingerprint density at radius 3 is 2.84 bits per heavy atom. The number of carbonyl (C=O) groups excluding carboxylic acids is 1. The van der Waals surface area contributed by atoms with Gasteiger partial charge in [0.05, 0.1) is 0 Å². The summed E-state index contributed by atoms with van der Waals surface area (Å²) in [4.78, 5) is 12.2. The highest BCUT2D eigenvalue weighted by atomic mass is 35.5. The van der Waals surface area contributed by atoms with Crippen LogP contribution in [0.1, 0.15) is 16.1 Å². The second-order valence-corrected chi connectivity index (χ2v) is 5.77. The molecule has 0 atom stereocenters. The molecule has 0 unspecified atom stereocenters. The van der Waals surface area contributed by atoms with Crippen LogP contribution in [-0.2, 0) is 6.73 Å². The van der Waals surface area contributed by atoms with Crippen LogP contribution in [0.5, 0.6) is 5.75 Å². The van der Waals surface area contributed by atoms with Gasteiger partial charge in [0.25, 0.3) is 5.91 Å². The number of aryl methyl sites for hydroxylation is 1. The van der Waals surface area contributed by atoms with Crippen LogP contribution >= 0.6 is 11.6 Å². The number of aromatic nitrogens is 2. The van der Waals surface area contributed by atoms with Gasteiger partial charge in [-0.05, 0) is 42.8 Å². The maximum Gasteiger partial charge on any atom is 0.276 e. The van der Waals surface area contributed by atoms with Gasteiger partial charge < -0.3 is 10.1 Å². The maximum absolute atomic E-state index is 13.5. The van der Waals surface area contributed by atoms with Crippen molar-refractivity contribution in [1.29, 1.82) is 0 Å². The lowest BCUT2D eigenvalue weighted by molar-refractivity contribution is 0.102. The van der Waals surface area contributed by atoms with Crippen LogP contribution in [-0.4, -0.2) is 15.7 Å². The minimum Gasteiger partial charge on any atom is -0.468 e. The van der Waals surface area contributed by atoms with E-state index in [2.05, 4.69) is 10.4 Å². The van der Waals surface area contributed by atoms with Gasteiger partial charge in [-0.2, -0.15) is 5.10 Å². The second kappa shape index (κ2) is 7.36. The normalized spacial score (nSPS) is 10.5. The first kappa shape index (κ1) is 17.0. The van der Waals surface area contributed by atoms with Crippen molar-refractivity contribution in [2.24, 2.45) is 0 Å². The summed E-state index contributed by atoms with van der Waals surface area (Å²) in [6.45, 7) is 1.87. The molecule has 7 heteroatoms. The number of amides is 1. The summed E-state index contributed by atoms with van der Waals surface area (Å²) in [6, 6.07) is 12.9. The predicted octanol–water partition coefficient (Wildman–Crippen LogP) is 4.27. The molecule has 0 aliphatic rings. The summed E-state index contributed by atoms with van der Waals surface area (Å²) in [6.07, 6.45) is 1.58. The highest BCUT2D eigenvalue weighted by molar-refractivity contribution is 6.31. The third-order valence-corrected chi connectivity index (χ3v) is 3.90. The first-order valence-electron chi connectivity index (χ1n) is 7.51. The van der Waals surface area contributed by atoms with Crippen LogP contribution in [0.2, 0.25) is 5.02 Å². The fourth-order valence-corrected chi connectivity index (χ4v) is 2.30.